The lowest BCUT2D eigenvalue weighted by Crippen LogP contribution is -2.15. The summed E-state index contributed by atoms with van der Waals surface area (Å²) in [5, 5.41) is 0. The molecule has 4 aromatic carbocycles. The third-order valence-electron chi connectivity index (χ3n) is 8.57. The van der Waals surface area contributed by atoms with Crippen LogP contribution in [0.25, 0.3) is 0 Å². The van der Waals surface area contributed by atoms with Crippen LogP contribution in [0.1, 0.15) is 53.9 Å². The number of hydrogen-bond donors (Lipinski definition) is 0. The molecule has 4 aromatic rings. The highest BCUT2D eigenvalue weighted by molar-refractivity contribution is 5.48. The normalized spacial score (nSPS) is 20.8. The van der Waals surface area contributed by atoms with Crippen molar-refractivity contribution in [2.24, 2.45) is 0 Å². The van der Waals surface area contributed by atoms with E-state index in [1.54, 1.807) is 0 Å². The molecule has 46 heavy (non-hydrogen) atoms. The van der Waals surface area contributed by atoms with E-state index in [0.29, 0.717) is 19.8 Å². The molecule has 0 N–H and O–H groups in total. The molecule has 3 saturated heterocycles. The van der Waals surface area contributed by atoms with E-state index in [-0.39, 0.29) is 30.1 Å². The van der Waals surface area contributed by atoms with E-state index >= 15 is 0 Å². The molecular formula is C39H42O7. The van der Waals surface area contributed by atoms with Crippen molar-refractivity contribution in [1.29, 1.82) is 0 Å². The van der Waals surface area contributed by atoms with Crippen molar-refractivity contribution in [1.82, 2.24) is 0 Å². The van der Waals surface area contributed by atoms with Gasteiger partial charge in [-0.1, -0.05) is 61.9 Å². The molecule has 0 aromatic heterocycles. The lowest BCUT2D eigenvalue weighted by Gasteiger charge is -2.30. The van der Waals surface area contributed by atoms with Crippen LogP contribution in [0.4, 0.5) is 0 Å². The summed E-state index contributed by atoms with van der Waals surface area (Å²) in [5.74, 6) is 3.42. The van der Waals surface area contributed by atoms with Gasteiger partial charge in [0.15, 0.2) is 0 Å². The third kappa shape index (κ3) is 8.40. The Morgan fingerprint density at radius 2 is 0.761 bits per heavy atom. The fourth-order valence-electron chi connectivity index (χ4n) is 5.63. The van der Waals surface area contributed by atoms with E-state index in [1.807, 2.05) is 0 Å². The minimum absolute atomic E-state index is 0.000114. The first-order valence-electron chi connectivity index (χ1n) is 16.5. The number of unbranched alkanes of at least 4 members (excludes halogenated alkanes) is 1. The van der Waals surface area contributed by atoms with Crippen molar-refractivity contribution in [3.8, 4) is 23.0 Å². The van der Waals surface area contributed by atoms with E-state index in [2.05, 4.69) is 104 Å². The Balaban J connectivity index is 1.23. The molecule has 0 aliphatic carbocycles. The van der Waals surface area contributed by atoms with Gasteiger partial charge in [0.1, 0.15) is 61.1 Å². The monoisotopic (exact) mass is 622 g/mol. The van der Waals surface area contributed by atoms with Crippen LogP contribution in [0, 0.1) is 0 Å². The van der Waals surface area contributed by atoms with Crippen LogP contribution < -0.4 is 18.9 Å². The first kappa shape index (κ1) is 30.6. The van der Waals surface area contributed by atoms with Crippen molar-refractivity contribution in [2.75, 3.05) is 46.2 Å². The van der Waals surface area contributed by atoms with Gasteiger partial charge in [-0.05, 0) is 77.2 Å². The highest BCUT2D eigenvalue weighted by Gasteiger charge is 2.30. The Bertz CT molecular complexity index is 1450. The predicted octanol–water partition coefficient (Wildman–Crippen LogP) is 7.16. The molecule has 7 heteroatoms. The molecule has 3 fully saturated rings. The zero-order valence-electron chi connectivity index (χ0n) is 26.3. The van der Waals surface area contributed by atoms with Gasteiger partial charge in [-0.3, -0.25) is 0 Å². The average Bonchev–Trinajstić information content (AvgIpc) is 3.95. The number of benzene rings is 4. The number of rotatable bonds is 18. The van der Waals surface area contributed by atoms with Crippen LogP contribution in [0.15, 0.2) is 97.1 Å². The van der Waals surface area contributed by atoms with Gasteiger partial charge in [-0.2, -0.15) is 0 Å². The van der Waals surface area contributed by atoms with Crippen LogP contribution in [0.3, 0.4) is 0 Å². The predicted molar refractivity (Wildman–Crippen MR) is 176 cm³/mol. The molecule has 4 atom stereocenters. The van der Waals surface area contributed by atoms with E-state index in [1.165, 1.54) is 22.3 Å². The minimum Gasteiger partial charge on any atom is -0.494 e. The molecule has 7 rings (SSSR count). The minimum atomic E-state index is 0.000114. The smallest absolute Gasteiger partial charge is 0.119 e. The summed E-state index contributed by atoms with van der Waals surface area (Å²) < 4.78 is 40.0. The molecule has 3 aliphatic rings. The summed E-state index contributed by atoms with van der Waals surface area (Å²) in [5.41, 5.74) is 4.77. The van der Waals surface area contributed by atoms with Gasteiger partial charge in [-0.25, -0.2) is 0 Å². The lowest BCUT2D eigenvalue weighted by atomic mass is 9.73. The molecule has 0 bridgehead atoms. The van der Waals surface area contributed by atoms with Gasteiger partial charge in [-0.15, -0.1) is 0 Å². The summed E-state index contributed by atoms with van der Waals surface area (Å²) in [6, 6.07) is 34.1. The molecule has 3 heterocycles. The maximum Gasteiger partial charge on any atom is 0.119 e. The third-order valence-corrected chi connectivity index (χ3v) is 8.57. The van der Waals surface area contributed by atoms with Gasteiger partial charge < -0.3 is 33.2 Å². The van der Waals surface area contributed by atoms with Crippen molar-refractivity contribution in [3.63, 3.8) is 0 Å². The SMILES string of the molecule is CCCCOc1ccc(C(c2ccc(OCC3CO3)cc2)C(c2ccc(OCC3CO3)cc2)c2ccc(OCC3CO3)cc2)cc1. The second-order valence-corrected chi connectivity index (χ2v) is 12.2. The van der Waals surface area contributed by atoms with Crippen molar-refractivity contribution in [2.45, 2.75) is 49.9 Å². The van der Waals surface area contributed by atoms with E-state index in [9.17, 15) is 0 Å². The van der Waals surface area contributed by atoms with Crippen LogP contribution in [-0.4, -0.2) is 64.6 Å². The summed E-state index contributed by atoms with van der Waals surface area (Å²) >= 11 is 0. The fourth-order valence-corrected chi connectivity index (χ4v) is 5.63. The zero-order chi connectivity index (χ0) is 31.1. The molecule has 7 nitrogen and oxygen atoms in total. The van der Waals surface area contributed by atoms with Crippen LogP contribution >= 0.6 is 0 Å². The molecule has 0 radical (unpaired) electrons. The van der Waals surface area contributed by atoms with Gasteiger partial charge in [0, 0.05) is 11.8 Å². The second kappa shape index (κ2) is 14.6. The highest BCUT2D eigenvalue weighted by atomic mass is 16.6. The van der Waals surface area contributed by atoms with Gasteiger partial charge in [0.25, 0.3) is 0 Å². The first-order valence-corrected chi connectivity index (χ1v) is 16.5. The average molecular weight is 623 g/mol. The Labute approximate surface area is 271 Å². The first-order chi connectivity index (χ1) is 22.7. The maximum absolute atomic E-state index is 6.03. The highest BCUT2D eigenvalue weighted by Crippen LogP contribution is 2.44. The molecular weight excluding hydrogens is 580 g/mol. The van der Waals surface area contributed by atoms with Crippen LogP contribution in [-0.2, 0) is 14.2 Å². The van der Waals surface area contributed by atoms with Gasteiger partial charge in [0.2, 0.25) is 0 Å². The topological polar surface area (TPSA) is 74.5 Å². The molecule has 0 spiro atoms. The molecule has 240 valence electrons. The summed E-state index contributed by atoms with van der Waals surface area (Å²) in [4.78, 5) is 0. The number of ether oxygens (including phenoxy) is 7. The van der Waals surface area contributed by atoms with Gasteiger partial charge >= 0.3 is 0 Å². The number of epoxide rings is 3. The lowest BCUT2D eigenvalue weighted by molar-refractivity contribution is 0.263. The standard InChI is InChI=1S/C39H42O7/c1-2-3-20-40-31-12-4-27(5-13-31)38(28-6-14-32(15-7-28)41-21-35-24-44-35)39(29-8-16-33(17-9-29)42-22-36-25-45-36)30-10-18-34(19-11-30)43-23-37-26-46-37/h4-19,35-39H,2-3,20-26H2,1H3. The summed E-state index contributed by atoms with van der Waals surface area (Å²) in [6.07, 6.45) is 2.77. The van der Waals surface area contributed by atoms with Gasteiger partial charge in [0.05, 0.1) is 26.4 Å². The molecule has 3 aliphatic heterocycles. The summed E-state index contributed by atoms with van der Waals surface area (Å²) in [7, 11) is 0. The van der Waals surface area contributed by atoms with Crippen LogP contribution in [0.5, 0.6) is 23.0 Å². The van der Waals surface area contributed by atoms with Crippen molar-refractivity contribution < 1.29 is 33.2 Å². The van der Waals surface area contributed by atoms with Crippen LogP contribution in [0.2, 0.25) is 0 Å². The summed E-state index contributed by atoms with van der Waals surface area (Å²) in [6.45, 7) is 6.94. The molecule has 0 amide bonds. The molecule has 4 unspecified atom stereocenters. The Morgan fingerprint density at radius 3 is 1.02 bits per heavy atom. The molecule has 0 saturated carbocycles. The van der Waals surface area contributed by atoms with E-state index < -0.39 is 0 Å². The quantitative estimate of drug-likeness (QED) is 0.0861. The Morgan fingerprint density at radius 1 is 0.478 bits per heavy atom. The Hall–Kier alpha value is -4.04. The van der Waals surface area contributed by atoms with Crippen molar-refractivity contribution >= 4 is 0 Å². The number of hydrogen-bond acceptors (Lipinski definition) is 7. The fraction of sp³-hybridized carbons (Fsp3) is 0.385. The van der Waals surface area contributed by atoms with Crippen molar-refractivity contribution in [3.05, 3.63) is 119 Å². The largest absolute Gasteiger partial charge is 0.494 e. The van der Waals surface area contributed by atoms with E-state index in [4.69, 9.17) is 33.2 Å². The zero-order valence-corrected chi connectivity index (χ0v) is 26.3. The Kier molecular flexibility index (Phi) is 9.71. The van der Waals surface area contributed by atoms with E-state index in [0.717, 1.165) is 62.3 Å². The second-order valence-electron chi connectivity index (χ2n) is 12.2. The maximum atomic E-state index is 6.03.